The predicted molar refractivity (Wildman–Crippen MR) is 94.4 cm³/mol. The first-order valence-corrected chi connectivity index (χ1v) is 8.87. The lowest BCUT2D eigenvalue weighted by atomic mass is 10.0. The normalized spacial score (nSPS) is 16.5. The van der Waals surface area contributed by atoms with E-state index in [2.05, 4.69) is 5.32 Å². The molecule has 0 bridgehead atoms. The third-order valence-electron chi connectivity index (χ3n) is 3.89. The van der Waals surface area contributed by atoms with Crippen LogP contribution in [0.5, 0.6) is 5.75 Å². The van der Waals surface area contributed by atoms with Crippen LogP contribution in [0, 0.1) is 0 Å². The van der Waals surface area contributed by atoms with Crippen molar-refractivity contribution in [3.63, 3.8) is 0 Å². The lowest BCUT2D eigenvalue weighted by Gasteiger charge is -2.26. The molecule has 1 atom stereocenters. The summed E-state index contributed by atoms with van der Waals surface area (Å²) in [5.41, 5.74) is 2.01. The fraction of sp³-hybridized carbons (Fsp3) is 0.278. The Morgan fingerprint density at radius 3 is 3.00 bits per heavy atom. The summed E-state index contributed by atoms with van der Waals surface area (Å²) in [6, 6.07) is 13.5. The van der Waals surface area contributed by atoms with Gasteiger partial charge in [0.25, 0.3) is 0 Å². The second-order valence-electron chi connectivity index (χ2n) is 5.43. The number of rotatable bonds is 4. The number of para-hydroxylation sites is 1. The van der Waals surface area contributed by atoms with E-state index in [1.165, 1.54) is 4.90 Å². The molecule has 23 heavy (non-hydrogen) atoms. The summed E-state index contributed by atoms with van der Waals surface area (Å²) < 4.78 is 5.31. The Bertz CT molecular complexity index is 720. The first kappa shape index (κ1) is 16.2. The highest BCUT2D eigenvalue weighted by molar-refractivity contribution is 7.99. The quantitative estimate of drug-likeness (QED) is 0.898. The highest BCUT2D eigenvalue weighted by Gasteiger charge is 2.23. The predicted octanol–water partition coefficient (Wildman–Crippen LogP) is 4.24. The molecule has 0 spiro atoms. The molecule has 1 heterocycles. The van der Waals surface area contributed by atoms with E-state index in [4.69, 9.17) is 16.3 Å². The van der Waals surface area contributed by atoms with Gasteiger partial charge in [0.1, 0.15) is 5.75 Å². The number of hydrogen-bond donors (Lipinski definition) is 1. The van der Waals surface area contributed by atoms with Crippen molar-refractivity contribution < 1.29 is 9.53 Å². The van der Waals surface area contributed by atoms with E-state index in [1.807, 2.05) is 54.2 Å². The monoisotopic (exact) mass is 347 g/mol. The maximum atomic E-state index is 12.4. The van der Waals surface area contributed by atoms with Gasteiger partial charge < -0.3 is 10.1 Å². The molecule has 0 aromatic heterocycles. The molecule has 1 amide bonds. The number of hydrogen-bond acceptors (Lipinski definition) is 3. The Morgan fingerprint density at radius 1 is 1.35 bits per heavy atom. The van der Waals surface area contributed by atoms with E-state index in [-0.39, 0.29) is 11.9 Å². The topological polar surface area (TPSA) is 38.3 Å². The molecule has 0 saturated carbocycles. The zero-order valence-electron chi connectivity index (χ0n) is 12.8. The molecular formula is C18H18ClNO2S. The SMILES string of the molecule is COc1ccccc1CC(=O)NC1CCSc2ccc(Cl)cc21. The maximum Gasteiger partial charge on any atom is 0.225 e. The van der Waals surface area contributed by atoms with Crippen LogP contribution in [0.1, 0.15) is 23.6 Å². The van der Waals surface area contributed by atoms with Crippen LogP contribution in [-0.2, 0) is 11.2 Å². The highest BCUT2D eigenvalue weighted by atomic mass is 35.5. The second kappa shape index (κ2) is 7.28. The number of ether oxygens (including phenoxy) is 1. The van der Waals surface area contributed by atoms with Crippen LogP contribution in [0.4, 0.5) is 0 Å². The van der Waals surface area contributed by atoms with Gasteiger partial charge >= 0.3 is 0 Å². The number of carbonyl (C=O) groups is 1. The van der Waals surface area contributed by atoms with Gasteiger partial charge in [-0.1, -0.05) is 29.8 Å². The Labute approximate surface area is 145 Å². The zero-order chi connectivity index (χ0) is 16.2. The Morgan fingerprint density at radius 2 is 2.17 bits per heavy atom. The molecule has 120 valence electrons. The van der Waals surface area contributed by atoms with Gasteiger partial charge in [0, 0.05) is 21.2 Å². The number of amides is 1. The number of carbonyl (C=O) groups excluding carboxylic acids is 1. The van der Waals surface area contributed by atoms with E-state index in [0.717, 1.165) is 29.1 Å². The van der Waals surface area contributed by atoms with Gasteiger partial charge in [0.2, 0.25) is 5.91 Å². The second-order valence-corrected chi connectivity index (χ2v) is 7.00. The van der Waals surface area contributed by atoms with Crippen molar-refractivity contribution in [1.82, 2.24) is 5.32 Å². The summed E-state index contributed by atoms with van der Waals surface area (Å²) in [4.78, 5) is 13.6. The minimum atomic E-state index is -0.00248. The van der Waals surface area contributed by atoms with Crippen molar-refractivity contribution in [1.29, 1.82) is 0 Å². The molecule has 2 aromatic rings. The number of fused-ring (bicyclic) bond motifs is 1. The average Bonchev–Trinajstić information content (AvgIpc) is 2.56. The number of benzene rings is 2. The highest BCUT2D eigenvalue weighted by Crippen LogP contribution is 2.37. The summed E-state index contributed by atoms with van der Waals surface area (Å²) in [5, 5.41) is 3.84. The Kier molecular flexibility index (Phi) is 5.13. The van der Waals surface area contributed by atoms with Crippen molar-refractivity contribution in [3.8, 4) is 5.75 Å². The van der Waals surface area contributed by atoms with Crippen LogP contribution in [-0.4, -0.2) is 18.8 Å². The number of nitrogens with one attached hydrogen (secondary N) is 1. The van der Waals surface area contributed by atoms with E-state index < -0.39 is 0 Å². The fourth-order valence-corrected chi connectivity index (χ4v) is 4.07. The molecule has 0 radical (unpaired) electrons. The lowest BCUT2D eigenvalue weighted by molar-refractivity contribution is -0.121. The van der Waals surface area contributed by atoms with Gasteiger partial charge in [-0.05, 0) is 36.2 Å². The summed E-state index contributed by atoms with van der Waals surface area (Å²) in [6.45, 7) is 0. The fourth-order valence-electron chi connectivity index (χ4n) is 2.78. The molecule has 0 fully saturated rings. The van der Waals surface area contributed by atoms with Crippen LogP contribution in [0.3, 0.4) is 0 Å². The summed E-state index contributed by atoms with van der Waals surface area (Å²) >= 11 is 7.92. The van der Waals surface area contributed by atoms with E-state index >= 15 is 0 Å². The third-order valence-corrected chi connectivity index (χ3v) is 5.25. The smallest absolute Gasteiger partial charge is 0.225 e. The first-order chi connectivity index (χ1) is 11.2. The zero-order valence-corrected chi connectivity index (χ0v) is 14.4. The van der Waals surface area contributed by atoms with Gasteiger partial charge in [-0.15, -0.1) is 11.8 Å². The minimum absolute atomic E-state index is 0.00248. The van der Waals surface area contributed by atoms with Crippen molar-refractivity contribution in [2.75, 3.05) is 12.9 Å². The van der Waals surface area contributed by atoms with Gasteiger partial charge in [0.05, 0.1) is 19.6 Å². The van der Waals surface area contributed by atoms with E-state index in [0.29, 0.717) is 11.4 Å². The van der Waals surface area contributed by atoms with Gasteiger partial charge in [-0.2, -0.15) is 0 Å². The molecule has 0 aliphatic carbocycles. The van der Waals surface area contributed by atoms with Crippen LogP contribution in [0.15, 0.2) is 47.4 Å². The first-order valence-electron chi connectivity index (χ1n) is 7.51. The number of methoxy groups -OCH3 is 1. The molecule has 3 rings (SSSR count). The van der Waals surface area contributed by atoms with Crippen LogP contribution in [0.2, 0.25) is 5.02 Å². The summed E-state index contributed by atoms with van der Waals surface area (Å²) in [7, 11) is 1.62. The van der Waals surface area contributed by atoms with Crippen molar-refractivity contribution in [2.24, 2.45) is 0 Å². The Hall–Kier alpha value is -1.65. The van der Waals surface area contributed by atoms with Crippen molar-refractivity contribution >= 4 is 29.3 Å². The maximum absolute atomic E-state index is 12.4. The van der Waals surface area contributed by atoms with Crippen molar-refractivity contribution in [3.05, 3.63) is 58.6 Å². The molecule has 1 unspecified atom stereocenters. The number of thioether (sulfide) groups is 1. The van der Waals surface area contributed by atoms with Crippen molar-refractivity contribution in [2.45, 2.75) is 23.8 Å². The van der Waals surface area contributed by atoms with Crippen LogP contribution >= 0.6 is 23.4 Å². The Balaban J connectivity index is 1.73. The lowest BCUT2D eigenvalue weighted by Crippen LogP contribution is -2.31. The van der Waals surface area contributed by atoms with E-state index in [9.17, 15) is 4.79 Å². The van der Waals surface area contributed by atoms with Gasteiger partial charge in [-0.25, -0.2) is 0 Å². The summed E-state index contributed by atoms with van der Waals surface area (Å²) in [6.07, 6.45) is 1.22. The molecule has 3 nitrogen and oxygen atoms in total. The molecule has 2 aromatic carbocycles. The molecule has 1 aliphatic heterocycles. The molecule has 0 saturated heterocycles. The molecule has 1 aliphatic rings. The van der Waals surface area contributed by atoms with Gasteiger partial charge in [0.15, 0.2) is 0 Å². The van der Waals surface area contributed by atoms with Gasteiger partial charge in [-0.3, -0.25) is 4.79 Å². The number of halogens is 1. The van der Waals surface area contributed by atoms with Crippen LogP contribution in [0.25, 0.3) is 0 Å². The molecular weight excluding hydrogens is 330 g/mol. The molecule has 1 N–H and O–H groups in total. The minimum Gasteiger partial charge on any atom is -0.496 e. The third kappa shape index (κ3) is 3.82. The summed E-state index contributed by atoms with van der Waals surface area (Å²) in [5.74, 6) is 1.73. The largest absolute Gasteiger partial charge is 0.496 e. The van der Waals surface area contributed by atoms with Crippen LogP contribution < -0.4 is 10.1 Å². The standard InChI is InChI=1S/C18H18ClNO2S/c1-22-16-5-3-2-4-12(16)10-18(21)20-15-8-9-23-17-7-6-13(19)11-14(15)17/h2-7,11,15H,8-10H2,1H3,(H,20,21). The van der Waals surface area contributed by atoms with E-state index in [1.54, 1.807) is 7.11 Å². The average molecular weight is 348 g/mol. The molecule has 5 heteroatoms.